The van der Waals surface area contributed by atoms with Crippen molar-refractivity contribution in [3.05, 3.63) is 54.4 Å². The fourth-order valence-corrected chi connectivity index (χ4v) is 2.32. The van der Waals surface area contributed by atoms with E-state index in [0.29, 0.717) is 11.4 Å². The van der Waals surface area contributed by atoms with Gasteiger partial charge in [0, 0.05) is 12.4 Å². The summed E-state index contributed by atoms with van der Waals surface area (Å²) in [6.07, 6.45) is 4.32. The summed E-state index contributed by atoms with van der Waals surface area (Å²) in [5.41, 5.74) is 1.81. The van der Waals surface area contributed by atoms with E-state index in [-0.39, 0.29) is 0 Å². The average Bonchev–Trinajstić information content (AvgIpc) is 2.55. The number of aryl methyl sites for hydroxylation is 1. The first kappa shape index (κ1) is 15.5. The Labute approximate surface area is 138 Å². The van der Waals surface area contributed by atoms with Crippen molar-refractivity contribution in [3.8, 4) is 0 Å². The Morgan fingerprint density at radius 3 is 2.75 bits per heavy atom. The second-order valence-corrected chi connectivity index (χ2v) is 5.27. The molecular weight excluding hydrogens is 308 g/mol. The van der Waals surface area contributed by atoms with Gasteiger partial charge in [-0.1, -0.05) is 12.1 Å². The van der Waals surface area contributed by atoms with E-state index in [9.17, 15) is 14.4 Å². The van der Waals surface area contributed by atoms with Gasteiger partial charge in [-0.05, 0) is 36.8 Å². The van der Waals surface area contributed by atoms with E-state index in [4.69, 9.17) is 0 Å². The second kappa shape index (κ2) is 6.41. The highest BCUT2D eigenvalue weighted by atomic mass is 16.2. The molecule has 1 aromatic carbocycles. The van der Waals surface area contributed by atoms with E-state index in [2.05, 4.69) is 15.3 Å². The van der Waals surface area contributed by atoms with Crippen molar-refractivity contribution < 1.29 is 14.4 Å². The largest absolute Gasteiger partial charge is 0.335 e. The molecule has 0 spiro atoms. The number of benzene rings is 1. The number of carbonyl (C=O) groups is 3. The molecule has 2 heterocycles. The first-order chi connectivity index (χ1) is 11.6. The minimum Gasteiger partial charge on any atom is -0.276 e. The number of aliphatic imine (C=N–C) groups is 1. The van der Waals surface area contributed by atoms with Gasteiger partial charge in [0.1, 0.15) is 0 Å². The topological polar surface area (TPSA) is 91.7 Å². The number of anilines is 1. The number of pyridine rings is 1. The van der Waals surface area contributed by atoms with E-state index in [1.807, 2.05) is 13.0 Å². The number of nitrogens with one attached hydrogen (secondary N) is 1. The van der Waals surface area contributed by atoms with Crippen molar-refractivity contribution in [2.24, 2.45) is 10.9 Å². The number of aromatic nitrogens is 1. The van der Waals surface area contributed by atoms with Crippen LogP contribution in [0, 0.1) is 12.8 Å². The van der Waals surface area contributed by atoms with E-state index in [0.717, 1.165) is 10.5 Å². The van der Waals surface area contributed by atoms with Gasteiger partial charge in [0.15, 0.2) is 5.92 Å². The first-order valence-corrected chi connectivity index (χ1v) is 7.26. The van der Waals surface area contributed by atoms with Gasteiger partial charge in [-0.15, -0.1) is 0 Å². The Balaban J connectivity index is 1.90. The maximum atomic E-state index is 12.6. The van der Waals surface area contributed by atoms with Crippen LogP contribution in [-0.4, -0.2) is 29.0 Å². The number of nitrogens with zero attached hydrogens (tertiary/aromatic N) is 3. The summed E-state index contributed by atoms with van der Waals surface area (Å²) in [7, 11) is 0. The van der Waals surface area contributed by atoms with Gasteiger partial charge in [0.05, 0.1) is 17.6 Å². The fourth-order valence-electron chi connectivity index (χ4n) is 2.32. The molecule has 120 valence electrons. The summed E-state index contributed by atoms with van der Waals surface area (Å²) in [4.78, 5) is 45.6. The summed E-state index contributed by atoms with van der Waals surface area (Å²) >= 11 is 0. The summed E-state index contributed by atoms with van der Waals surface area (Å²) in [6.45, 7) is 1.85. The van der Waals surface area contributed by atoms with Gasteiger partial charge in [0.25, 0.3) is 5.91 Å². The fraction of sp³-hybridized carbons (Fsp3) is 0.118. The van der Waals surface area contributed by atoms with Crippen molar-refractivity contribution in [3.63, 3.8) is 0 Å². The summed E-state index contributed by atoms with van der Waals surface area (Å²) < 4.78 is 0. The van der Waals surface area contributed by atoms with E-state index in [1.54, 1.807) is 36.5 Å². The maximum Gasteiger partial charge on any atom is 0.335 e. The Hall–Kier alpha value is -3.35. The van der Waals surface area contributed by atoms with Gasteiger partial charge >= 0.3 is 6.03 Å². The van der Waals surface area contributed by atoms with E-state index < -0.39 is 23.8 Å². The molecule has 1 N–H and O–H groups in total. The van der Waals surface area contributed by atoms with Crippen molar-refractivity contribution in [2.75, 3.05) is 4.90 Å². The monoisotopic (exact) mass is 322 g/mol. The smallest absolute Gasteiger partial charge is 0.276 e. The average molecular weight is 322 g/mol. The minimum atomic E-state index is -1.18. The molecular formula is C17H14N4O3. The van der Waals surface area contributed by atoms with Crippen molar-refractivity contribution >= 4 is 35.4 Å². The molecule has 7 heteroatoms. The lowest BCUT2D eigenvalue weighted by atomic mass is 10.1. The zero-order chi connectivity index (χ0) is 17.1. The molecule has 3 rings (SSSR count). The number of rotatable bonds is 3. The lowest BCUT2D eigenvalue weighted by molar-refractivity contribution is -0.131. The van der Waals surface area contributed by atoms with Gasteiger partial charge in [-0.3, -0.25) is 24.9 Å². The van der Waals surface area contributed by atoms with Crippen LogP contribution in [0.2, 0.25) is 0 Å². The molecule has 4 amide bonds. The zero-order valence-electron chi connectivity index (χ0n) is 12.8. The molecule has 1 fully saturated rings. The number of hydrogen-bond acceptors (Lipinski definition) is 5. The number of carbonyl (C=O) groups excluding carboxylic acids is 3. The SMILES string of the molecule is Cc1cccc(N2C(=O)NC(=O)[C@H](C=Nc3cccnc3)C2=O)c1. The van der Waals surface area contributed by atoms with Crippen molar-refractivity contribution in [1.29, 1.82) is 0 Å². The number of amides is 4. The van der Waals surface area contributed by atoms with E-state index >= 15 is 0 Å². The molecule has 0 radical (unpaired) electrons. The van der Waals surface area contributed by atoms with Crippen LogP contribution in [0.4, 0.5) is 16.2 Å². The second-order valence-electron chi connectivity index (χ2n) is 5.27. The number of barbiturate groups is 1. The van der Waals surface area contributed by atoms with Crippen LogP contribution in [0.15, 0.2) is 53.8 Å². The number of imide groups is 2. The molecule has 0 bridgehead atoms. The number of hydrogen-bond donors (Lipinski definition) is 1. The van der Waals surface area contributed by atoms with Crippen LogP contribution >= 0.6 is 0 Å². The molecule has 0 unspecified atom stereocenters. The maximum absolute atomic E-state index is 12.6. The summed E-state index contributed by atoms with van der Waals surface area (Å²) in [6, 6.07) is 9.54. The van der Waals surface area contributed by atoms with Crippen LogP contribution in [0.5, 0.6) is 0 Å². The molecule has 1 saturated heterocycles. The van der Waals surface area contributed by atoms with Crippen molar-refractivity contribution in [2.45, 2.75) is 6.92 Å². The zero-order valence-corrected chi connectivity index (χ0v) is 12.8. The highest BCUT2D eigenvalue weighted by molar-refractivity contribution is 6.32. The van der Waals surface area contributed by atoms with Crippen LogP contribution < -0.4 is 10.2 Å². The quantitative estimate of drug-likeness (QED) is 0.691. The predicted octanol–water partition coefficient (Wildman–Crippen LogP) is 1.99. The Bertz CT molecular complexity index is 833. The van der Waals surface area contributed by atoms with Crippen LogP contribution in [0.1, 0.15) is 5.56 Å². The number of urea groups is 1. The molecule has 1 aliphatic heterocycles. The molecule has 0 saturated carbocycles. The Kier molecular flexibility index (Phi) is 4.15. The highest BCUT2D eigenvalue weighted by Crippen LogP contribution is 2.21. The van der Waals surface area contributed by atoms with Crippen LogP contribution in [0.3, 0.4) is 0 Å². The highest BCUT2D eigenvalue weighted by Gasteiger charge is 2.40. The lowest BCUT2D eigenvalue weighted by Crippen LogP contribution is -2.58. The molecule has 1 aliphatic rings. The minimum absolute atomic E-state index is 0.407. The third kappa shape index (κ3) is 3.05. The predicted molar refractivity (Wildman–Crippen MR) is 88.1 cm³/mol. The normalized spacial score (nSPS) is 18.1. The Morgan fingerprint density at radius 1 is 1.21 bits per heavy atom. The van der Waals surface area contributed by atoms with Crippen molar-refractivity contribution in [1.82, 2.24) is 10.3 Å². The summed E-state index contributed by atoms with van der Waals surface area (Å²) in [5.74, 6) is -2.51. The molecule has 0 aliphatic carbocycles. The Morgan fingerprint density at radius 2 is 2.04 bits per heavy atom. The molecule has 2 aromatic rings. The third-order valence-electron chi connectivity index (χ3n) is 3.48. The van der Waals surface area contributed by atoms with Gasteiger partial charge < -0.3 is 0 Å². The van der Waals surface area contributed by atoms with E-state index in [1.165, 1.54) is 12.4 Å². The van der Waals surface area contributed by atoms with Gasteiger partial charge in [-0.25, -0.2) is 9.69 Å². The lowest BCUT2D eigenvalue weighted by Gasteiger charge is -2.28. The first-order valence-electron chi connectivity index (χ1n) is 7.26. The molecule has 1 atom stereocenters. The third-order valence-corrected chi connectivity index (χ3v) is 3.48. The van der Waals surface area contributed by atoms with Crippen LogP contribution in [0.25, 0.3) is 0 Å². The molecule has 24 heavy (non-hydrogen) atoms. The molecule has 7 nitrogen and oxygen atoms in total. The van der Waals surface area contributed by atoms with Gasteiger partial charge in [-0.2, -0.15) is 0 Å². The molecule has 1 aromatic heterocycles. The standard InChI is InChI=1S/C17H14N4O3/c1-11-4-2-6-13(8-11)21-16(23)14(15(22)20-17(21)24)10-19-12-5-3-7-18-9-12/h2-10,14H,1H3,(H,20,22,24)/t14-/m0/s1. The van der Waals surface area contributed by atoms with Gasteiger partial charge in [0.2, 0.25) is 5.91 Å². The van der Waals surface area contributed by atoms with Crippen LogP contribution in [-0.2, 0) is 9.59 Å². The summed E-state index contributed by atoms with van der Waals surface area (Å²) in [5, 5.41) is 2.18.